The number of hydrogen-bond acceptors (Lipinski definition) is 7. The van der Waals surface area contributed by atoms with Crippen molar-refractivity contribution in [1.29, 1.82) is 0 Å². The number of hydrogen-bond donors (Lipinski definition) is 2. The van der Waals surface area contributed by atoms with Crippen molar-refractivity contribution >= 4 is 28.1 Å². The zero-order chi connectivity index (χ0) is 14.7. The van der Waals surface area contributed by atoms with Crippen LogP contribution < -0.4 is 10.6 Å². The summed E-state index contributed by atoms with van der Waals surface area (Å²) in [5.74, 6) is 0.884. The van der Waals surface area contributed by atoms with Gasteiger partial charge in [0.15, 0.2) is 5.84 Å². The Morgan fingerprint density at radius 2 is 2.20 bits per heavy atom. The lowest BCUT2D eigenvalue weighted by Gasteiger charge is -2.26. The number of nitro groups is 1. The van der Waals surface area contributed by atoms with Crippen LogP contribution in [-0.2, 0) is 10.8 Å². The van der Waals surface area contributed by atoms with Gasteiger partial charge in [-0.05, 0) is 0 Å². The zero-order valence-electron chi connectivity index (χ0n) is 10.4. The van der Waals surface area contributed by atoms with Gasteiger partial charge in [-0.2, -0.15) is 0 Å². The number of nitrogens with two attached hydrogens (primary N) is 1. The molecule has 10 heteroatoms. The fraction of sp³-hybridized carbons (Fsp3) is 0.400. The van der Waals surface area contributed by atoms with Crippen molar-refractivity contribution in [3.63, 3.8) is 0 Å². The molecule has 2 rings (SSSR count). The highest BCUT2D eigenvalue weighted by Gasteiger charge is 2.25. The number of amidine groups is 1. The minimum absolute atomic E-state index is 0.170. The molecule has 1 aliphatic rings. The molecule has 0 unspecified atom stereocenters. The molecule has 1 saturated heterocycles. The van der Waals surface area contributed by atoms with E-state index in [1.165, 1.54) is 12.3 Å². The second kappa shape index (κ2) is 5.82. The van der Waals surface area contributed by atoms with Gasteiger partial charge in [0, 0.05) is 53.2 Å². The fourth-order valence-electron chi connectivity index (χ4n) is 1.87. The summed E-state index contributed by atoms with van der Waals surface area (Å²) < 4.78 is 11.3. The molecule has 0 radical (unpaired) electrons. The molecular formula is C10H13N5O4S. The molecule has 1 aliphatic heterocycles. The van der Waals surface area contributed by atoms with Crippen LogP contribution in [0.2, 0.25) is 0 Å². The van der Waals surface area contributed by atoms with Crippen molar-refractivity contribution < 1.29 is 14.3 Å². The summed E-state index contributed by atoms with van der Waals surface area (Å²) in [6, 6.07) is 1.21. The number of nitrogens with zero attached hydrogens (tertiary/aromatic N) is 4. The first-order valence-electron chi connectivity index (χ1n) is 5.75. The Kier molecular flexibility index (Phi) is 4.13. The lowest BCUT2D eigenvalue weighted by molar-refractivity contribution is -0.384. The zero-order valence-corrected chi connectivity index (χ0v) is 11.2. The van der Waals surface area contributed by atoms with Gasteiger partial charge < -0.3 is 15.8 Å². The van der Waals surface area contributed by atoms with Gasteiger partial charge in [-0.3, -0.25) is 14.3 Å². The maximum absolute atomic E-state index is 11.3. The molecule has 1 fully saturated rings. The summed E-state index contributed by atoms with van der Waals surface area (Å²) in [6.45, 7) is 0.896. The molecule has 108 valence electrons. The van der Waals surface area contributed by atoms with Gasteiger partial charge in [0.25, 0.3) is 0 Å². The Morgan fingerprint density at radius 1 is 1.55 bits per heavy atom. The van der Waals surface area contributed by atoms with E-state index in [4.69, 9.17) is 10.9 Å². The normalized spacial score (nSPS) is 17.2. The fourth-order valence-corrected chi connectivity index (χ4v) is 2.92. The third-order valence-electron chi connectivity index (χ3n) is 2.92. The maximum Gasteiger partial charge on any atom is 0.312 e. The Hall–Kier alpha value is -2.23. The van der Waals surface area contributed by atoms with Crippen molar-refractivity contribution in [2.45, 2.75) is 0 Å². The first-order valence-corrected chi connectivity index (χ1v) is 7.24. The topological polar surface area (TPSA) is 135 Å². The summed E-state index contributed by atoms with van der Waals surface area (Å²) in [7, 11) is -0.877. The predicted octanol–water partition coefficient (Wildman–Crippen LogP) is -0.347. The summed E-state index contributed by atoms with van der Waals surface area (Å²) in [6.07, 6.45) is 1.31. The monoisotopic (exact) mass is 299 g/mol. The smallest absolute Gasteiger partial charge is 0.312 e. The molecule has 0 bridgehead atoms. The summed E-state index contributed by atoms with van der Waals surface area (Å²) in [5.41, 5.74) is 5.34. The number of aromatic nitrogens is 1. The Morgan fingerprint density at radius 3 is 2.75 bits per heavy atom. The quantitative estimate of drug-likeness (QED) is 0.256. The number of rotatable bonds is 3. The van der Waals surface area contributed by atoms with Crippen LogP contribution >= 0.6 is 0 Å². The van der Waals surface area contributed by atoms with Crippen molar-refractivity contribution in [2.24, 2.45) is 10.9 Å². The van der Waals surface area contributed by atoms with E-state index in [0.717, 1.165) is 0 Å². The molecule has 0 spiro atoms. The van der Waals surface area contributed by atoms with E-state index in [-0.39, 0.29) is 22.9 Å². The van der Waals surface area contributed by atoms with Gasteiger partial charge in [0.05, 0.1) is 4.92 Å². The summed E-state index contributed by atoms with van der Waals surface area (Å²) in [5, 5.41) is 22.5. The highest BCUT2D eigenvalue weighted by atomic mass is 32.2. The molecule has 20 heavy (non-hydrogen) atoms. The van der Waals surface area contributed by atoms with Crippen LogP contribution in [-0.4, -0.2) is 49.8 Å². The predicted molar refractivity (Wildman–Crippen MR) is 73.5 cm³/mol. The van der Waals surface area contributed by atoms with Gasteiger partial charge in [-0.15, -0.1) is 0 Å². The minimum Gasteiger partial charge on any atom is -0.409 e. The third kappa shape index (κ3) is 2.85. The van der Waals surface area contributed by atoms with E-state index in [0.29, 0.717) is 24.6 Å². The molecule has 0 aliphatic carbocycles. The second-order valence-corrected chi connectivity index (χ2v) is 5.84. The summed E-state index contributed by atoms with van der Waals surface area (Å²) >= 11 is 0. The molecule has 2 heterocycles. The van der Waals surface area contributed by atoms with Crippen LogP contribution in [0.3, 0.4) is 0 Å². The first kappa shape index (κ1) is 14.2. The van der Waals surface area contributed by atoms with Crippen molar-refractivity contribution in [2.75, 3.05) is 29.5 Å². The molecule has 1 aromatic heterocycles. The minimum atomic E-state index is -0.877. The summed E-state index contributed by atoms with van der Waals surface area (Å²) in [4.78, 5) is 16.3. The maximum atomic E-state index is 11.3. The Balaban J connectivity index is 2.38. The number of pyridine rings is 1. The Bertz CT molecular complexity index is 581. The van der Waals surface area contributed by atoms with Crippen molar-refractivity contribution in [1.82, 2.24) is 4.98 Å². The lowest BCUT2D eigenvalue weighted by atomic mass is 10.2. The van der Waals surface area contributed by atoms with Gasteiger partial charge in [0.1, 0.15) is 0 Å². The lowest BCUT2D eigenvalue weighted by Crippen LogP contribution is -2.38. The molecule has 1 aromatic rings. The largest absolute Gasteiger partial charge is 0.409 e. The van der Waals surface area contributed by atoms with E-state index in [2.05, 4.69) is 10.1 Å². The molecule has 0 saturated carbocycles. The Labute approximate surface area is 116 Å². The number of oxime groups is 1. The van der Waals surface area contributed by atoms with Crippen LogP contribution in [0.1, 0.15) is 5.56 Å². The van der Waals surface area contributed by atoms with Gasteiger partial charge >= 0.3 is 5.69 Å². The van der Waals surface area contributed by atoms with Crippen LogP contribution in [0, 0.1) is 10.1 Å². The standard InChI is InChI=1S/C10H13N5O4S/c11-9(13-16)7-5-8(15(17)18)10(12-6-7)14-1-3-20(19)4-2-14/h5-6,16H,1-4H2,(H2,11,13). The molecular weight excluding hydrogens is 286 g/mol. The molecule has 0 amide bonds. The molecule has 3 N–H and O–H groups in total. The third-order valence-corrected chi connectivity index (χ3v) is 4.20. The van der Waals surface area contributed by atoms with E-state index >= 15 is 0 Å². The average Bonchev–Trinajstić information content (AvgIpc) is 2.46. The molecule has 0 aromatic carbocycles. The number of anilines is 1. The molecule has 0 atom stereocenters. The van der Waals surface area contributed by atoms with Crippen molar-refractivity contribution in [3.05, 3.63) is 27.9 Å². The SMILES string of the molecule is NC(=NO)c1cnc(N2CCS(=O)CC2)c([N+](=O)[O-])c1. The van der Waals surface area contributed by atoms with E-state index < -0.39 is 15.7 Å². The van der Waals surface area contributed by atoms with E-state index in [9.17, 15) is 14.3 Å². The first-order chi connectivity index (χ1) is 9.52. The highest BCUT2D eigenvalue weighted by Crippen LogP contribution is 2.27. The molecule has 9 nitrogen and oxygen atoms in total. The average molecular weight is 299 g/mol. The van der Waals surface area contributed by atoms with Crippen LogP contribution in [0.5, 0.6) is 0 Å². The van der Waals surface area contributed by atoms with Crippen LogP contribution in [0.15, 0.2) is 17.4 Å². The van der Waals surface area contributed by atoms with E-state index in [1.54, 1.807) is 4.90 Å². The van der Waals surface area contributed by atoms with Crippen LogP contribution in [0.25, 0.3) is 0 Å². The highest BCUT2D eigenvalue weighted by molar-refractivity contribution is 7.85. The van der Waals surface area contributed by atoms with Gasteiger partial charge in [-0.25, -0.2) is 4.98 Å². The van der Waals surface area contributed by atoms with Gasteiger partial charge in [0.2, 0.25) is 5.82 Å². The van der Waals surface area contributed by atoms with Gasteiger partial charge in [-0.1, -0.05) is 5.16 Å². The second-order valence-electron chi connectivity index (χ2n) is 4.14. The van der Waals surface area contributed by atoms with Crippen molar-refractivity contribution in [3.8, 4) is 0 Å². The van der Waals surface area contributed by atoms with Crippen LogP contribution in [0.4, 0.5) is 11.5 Å². The van der Waals surface area contributed by atoms with E-state index in [1.807, 2.05) is 0 Å².